The first kappa shape index (κ1) is 114. The molecule has 0 spiro atoms. The maximum Gasteiger partial charge on any atom is 0.369 e. The molecule has 0 aromatic heterocycles. The number of ether oxygens (including phenoxy) is 7. The van der Waals surface area contributed by atoms with Crippen molar-refractivity contribution in [2.75, 3.05) is 0 Å². The van der Waals surface area contributed by atoms with E-state index in [1.54, 1.807) is 50.2 Å². The molecular formula is C106H116F8O19S8. The topological polar surface area (TPSA) is 293 Å². The molecule has 35 heteroatoms. The van der Waals surface area contributed by atoms with E-state index in [1.165, 1.54) is 47.5 Å². The molecule has 0 saturated heterocycles. The van der Waals surface area contributed by atoms with E-state index in [1.807, 2.05) is 238 Å². The third-order valence-electron chi connectivity index (χ3n) is 20.6. The predicted molar refractivity (Wildman–Crippen MR) is 533 cm³/mol. The van der Waals surface area contributed by atoms with Gasteiger partial charge in [0, 0.05) is 12.1 Å². The maximum absolute atomic E-state index is 13.9. The molecule has 5 atom stereocenters. The minimum Gasteiger partial charge on any atom is -0.743 e. The normalized spacial score (nSPS) is 13.8. The highest BCUT2D eigenvalue weighted by Gasteiger charge is 2.50. The van der Waals surface area contributed by atoms with Crippen LogP contribution >= 0.6 is 0 Å². The molecule has 0 N–H and O–H groups in total. The van der Waals surface area contributed by atoms with Gasteiger partial charge in [0.15, 0.2) is 124 Å². The zero-order chi connectivity index (χ0) is 105. The van der Waals surface area contributed by atoms with E-state index in [0.717, 1.165) is 104 Å². The van der Waals surface area contributed by atoms with Crippen molar-refractivity contribution in [3.05, 3.63) is 320 Å². The second kappa shape index (κ2) is 45.8. The fraction of sp³-hybridized carbons (Fsp3) is 0.321. The molecule has 0 heterocycles. The van der Waals surface area contributed by atoms with Gasteiger partial charge in [0.25, 0.3) is 0 Å². The van der Waals surface area contributed by atoms with Crippen molar-refractivity contribution in [1.29, 1.82) is 0 Å². The Morgan fingerprint density at radius 3 is 0.574 bits per heavy atom. The molecule has 0 saturated carbocycles. The maximum atomic E-state index is 13.9. The molecule has 758 valence electrons. The van der Waals surface area contributed by atoms with Crippen molar-refractivity contribution >= 4 is 84.1 Å². The van der Waals surface area contributed by atoms with Gasteiger partial charge in [-0.15, -0.1) is 0 Å². The SMILES string of the molecule is CC(Oc1ccc([S+](c2ccc(C(C)(C)C)cc2)c2ccc(C(C)(C)C)cc2)cc1)C(F)(F)S(=O)(=O)[O-].CC(Oc1ccc([S+](c2ccc(OC(C)(C)C)cc2)c2ccc(OC(C)(C)C)cc2)cc1)C(F)(F)S(=O)(=O)[O-].CC(Oc1ccc([S+](c2ccccc2)c2ccc(OC(C)(C)C)cc2)cc1)C(F)(F)S(=O)(=O)[O-].Cc1cc([S+](c2ccccc2)c2ccccc2)cc(C)c1OC(C)C(F)(F)S(=O)(=O)[O-]. The van der Waals surface area contributed by atoms with Gasteiger partial charge in [0.05, 0.1) is 43.6 Å². The van der Waals surface area contributed by atoms with Crippen LogP contribution in [0.2, 0.25) is 0 Å². The van der Waals surface area contributed by atoms with Crippen LogP contribution in [-0.2, 0) is 94.9 Å². The molecule has 12 aromatic carbocycles. The van der Waals surface area contributed by atoms with Gasteiger partial charge in [0.1, 0.15) is 57.0 Å². The van der Waals surface area contributed by atoms with E-state index >= 15 is 0 Å². The van der Waals surface area contributed by atoms with Crippen LogP contribution in [0.5, 0.6) is 40.2 Å². The van der Waals surface area contributed by atoms with E-state index in [-0.39, 0.29) is 50.6 Å². The van der Waals surface area contributed by atoms with Crippen molar-refractivity contribution in [3.8, 4) is 40.2 Å². The first-order valence-corrected chi connectivity index (χ1v) is 54.7. The average Bonchev–Trinajstić information content (AvgIpc) is 0.794. The molecule has 12 aromatic rings. The lowest BCUT2D eigenvalue weighted by molar-refractivity contribution is -0.0247. The lowest BCUT2D eigenvalue weighted by Crippen LogP contribution is -2.43. The molecule has 5 unspecified atom stereocenters. The Labute approximate surface area is 834 Å². The summed E-state index contributed by atoms with van der Waals surface area (Å²) in [5.41, 5.74) is 2.60. The molecule has 12 rings (SSSR count). The van der Waals surface area contributed by atoms with Gasteiger partial charge in [-0.1, -0.05) is 120 Å². The van der Waals surface area contributed by atoms with Gasteiger partial charge in [0.2, 0.25) is 0 Å². The minimum atomic E-state index is -5.87. The van der Waals surface area contributed by atoms with Crippen molar-refractivity contribution in [3.63, 3.8) is 0 Å². The quantitative estimate of drug-likeness (QED) is 0.0221. The van der Waals surface area contributed by atoms with E-state index < -0.39 is 129 Å². The van der Waals surface area contributed by atoms with Gasteiger partial charge < -0.3 is 51.4 Å². The minimum absolute atomic E-state index is 0.0147. The standard InChI is InChI=1S/C29H34F2O6S2.C29H34F2O4S2.C25H26F2O5S2.C23H22F2O4S2/c1-20(29(30,31)39(32,33)34)35-21-8-14-24(15-9-21)38(25-16-10-22(11-17-25)36-27(2,3)4)26-18-12-23(13-19-26)37-28(5,6)7;1-20(29(30,31)37(32,33)34)35-23-12-18-26(19-13-23)36(24-14-8-21(9-15-24)27(2,3)4)25-16-10-22(11-17-25)28(5,6)7;1-18(25(26,27)34(28,29)30)31-19-10-14-22(15-11-19)33(21-8-6-5-7-9-21)23-16-12-20(13-17-23)32-24(2,3)4;1-16-14-21(15-17(2)22(16)29-18(3)23(24,25)31(26,27)28)30(19-10-6-4-7-11-19)20-12-8-5-9-13-20/h8-20H,1-7H3;8-20H,1-7H3;5-18H,1-4H3;4-15,18H,1-3H3. The molecule has 19 nitrogen and oxygen atoms in total. The summed E-state index contributed by atoms with van der Waals surface area (Å²) in [4.78, 5) is 12.1. The third kappa shape index (κ3) is 31.1. The summed E-state index contributed by atoms with van der Waals surface area (Å²) in [6.45, 7) is 37.6. The zero-order valence-electron chi connectivity index (χ0n) is 81.6. The van der Waals surface area contributed by atoms with E-state index in [2.05, 4.69) is 90.1 Å². The molecular weight excluding hydrogens is 1990 g/mol. The molecule has 0 fully saturated rings. The van der Waals surface area contributed by atoms with Crippen LogP contribution in [0.3, 0.4) is 0 Å². The Balaban J connectivity index is 0.000000211. The fourth-order valence-corrected chi connectivity index (χ4v) is 23.8. The Kier molecular flexibility index (Phi) is 37.1. The Morgan fingerprint density at radius 1 is 0.234 bits per heavy atom. The highest BCUT2D eigenvalue weighted by atomic mass is 32.2. The number of aryl methyl sites for hydroxylation is 2. The van der Waals surface area contributed by atoms with Gasteiger partial charge >= 0.3 is 21.0 Å². The molecule has 0 aliphatic carbocycles. The van der Waals surface area contributed by atoms with Crippen LogP contribution in [0.25, 0.3) is 0 Å². The monoisotopic (exact) mass is 2100 g/mol. The first-order chi connectivity index (χ1) is 65.1. The van der Waals surface area contributed by atoms with Crippen LogP contribution in [0.1, 0.15) is 154 Å². The average molecular weight is 2100 g/mol. The first-order valence-electron chi connectivity index (χ1n) is 44.2. The summed E-state index contributed by atoms with van der Waals surface area (Å²) >= 11 is 0. The van der Waals surface area contributed by atoms with Crippen LogP contribution in [0, 0.1) is 13.8 Å². The summed E-state index contributed by atoms with van der Waals surface area (Å²) < 4.78 is 280. The van der Waals surface area contributed by atoms with Crippen LogP contribution in [0.15, 0.2) is 356 Å². The Bertz CT molecular complexity index is 6420. The van der Waals surface area contributed by atoms with Gasteiger partial charge in [-0.2, -0.15) is 35.1 Å². The second-order valence-corrected chi connectivity index (χ2v) is 51.6. The lowest BCUT2D eigenvalue weighted by Gasteiger charge is -2.27. The highest BCUT2D eigenvalue weighted by molar-refractivity contribution is 7.98. The number of hydrogen-bond acceptors (Lipinski definition) is 19. The molecule has 0 amide bonds. The molecule has 0 bridgehead atoms. The van der Waals surface area contributed by atoms with Gasteiger partial charge in [-0.3, -0.25) is 0 Å². The van der Waals surface area contributed by atoms with Gasteiger partial charge in [-0.05, 0) is 343 Å². The van der Waals surface area contributed by atoms with E-state index in [4.69, 9.17) is 33.2 Å². The smallest absolute Gasteiger partial charge is 0.369 e. The largest absolute Gasteiger partial charge is 0.743 e. The third-order valence-corrected chi connectivity index (χ3v) is 33.5. The van der Waals surface area contributed by atoms with Crippen molar-refractivity contribution < 1.29 is 120 Å². The Morgan fingerprint density at radius 2 is 0.397 bits per heavy atom. The Hall–Kier alpha value is -10.3. The second-order valence-electron chi connectivity index (χ2n) is 37.7. The molecule has 141 heavy (non-hydrogen) atoms. The molecule has 0 aliphatic rings. The number of halogens is 8. The molecule has 0 radical (unpaired) electrons. The van der Waals surface area contributed by atoms with Crippen molar-refractivity contribution in [1.82, 2.24) is 0 Å². The number of benzene rings is 12. The molecule has 0 aliphatic heterocycles. The van der Waals surface area contributed by atoms with E-state index in [0.29, 0.717) is 11.1 Å². The number of alkyl halides is 8. The fourth-order valence-electron chi connectivity index (χ4n) is 13.5. The lowest BCUT2D eigenvalue weighted by atomic mass is 9.87. The highest BCUT2D eigenvalue weighted by Crippen LogP contribution is 2.44. The summed E-state index contributed by atoms with van der Waals surface area (Å²) in [5.74, 6) is 2.45. The predicted octanol–water partition coefficient (Wildman–Crippen LogP) is 25.5. The summed E-state index contributed by atoms with van der Waals surface area (Å²) in [5, 5.41) is -18.2. The summed E-state index contributed by atoms with van der Waals surface area (Å²) in [6.07, 6.45) is -8.55. The summed E-state index contributed by atoms with van der Waals surface area (Å²) in [6, 6.07) is 93.2. The van der Waals surface area contributed by atoms with Crippen molar-refractivity contribution in [2.45, 2.75) is 277 Å². The van der Waals surface area contributed by atoms with Gasteiger partial charge in [-0.25, -0.2) is 33.7 Å². The summed E-state index contributed by atoms with van der Waals surface area (Å²) in [7, 11) is -25.4. The number of rotatable bonds is 31. The van der Waals surface area contributed by atoms with Crippen LogP contribution < -0.4 is 33.2 Å². The van der Waals surface area contributed by atoms with E-state index in [9.17, 15) is 87.0 Å². The zero-order valence-corrected chi connectivity index (χ0v) is 88.2. The van der Waals surface area contributed by atoms with Crippen molar-refractivity contribution in [2.24, 2.45) is 0 Å². The number of hydrogen-bond donors (Lipinski definition) is 0. The van der Waals surface area contributed by atoms with Crippen LogP contribution in [0.4, 0.5) is 35.1 Å². The van der Waals surface area contributed by atoms with Crippen LogP contribution in [-0.4, -0.2) is 114 Å².